The van der Waals surface area contributed by atoms with Crippen LogP contribution in [0.15, 0.2) is 16.6 Å². The van der Waals surface area contributed by atoms with Gasteiger partial charge in [0, 0.05) is 10.5 Å². The molecule has 17 heavy (non-hydrogen) atoms. The lowest BCUT2D eigenvalue weighted by Crippen LogP contribution is -2.14. The van der Waals surface area contributed by atoms with Gasteiger partial charge in [-0.2, -0.15) is 11.8 Å². The van der Waals surface area contributed by atoms with E-state index in [9.17, 15) is 13.9 Å². The molecule has 1 nitrogen and oxygen atoms in total. The van der Waals surface area contributed by atoms with Gasteiger partial charge in [0.05, 0.1) is 16.1 Å². The molecule has 0 aliphatic carbocycles. The van der Waals surface area contributed by atoms with Gasteiger partial charge < -0.3 is 5.11 Å². The zero-order valence-electron chi connectivity index (χ0n) is 9.93. The molecule has 0 saturated heterocycles. The van der Waals surface area contributed by atoms with Crippen LogP contribution < -0.4 is 0 Å². The summed E-state index contributed by atoms with van der Waals surface area (Å²) in [5, 5.41) is 9.85. The second-order valence-corrected chi connectivity index (χ2v) is 7.40. The van der Waals surface area contributed by atoms with Crippen molar-refractivity contribution in [3.05, 3.63) is 33.8 Å². The largest absolute Gasteiger partial charge is 0.387 e. The maximum atomic E-state index is 13.7. The molecule has 1 unspecified atom stereocenters. The maximum absolute atomic E-state index is 13.7. The van der Waals surface area contributed by atoms with Crippen LogP contribution in [0.3, 0.4) is 0 Å². The molecule has 0 bridgehead atoms. The highest BCUT2D eigenvalue weighted by molar-refractivity contribution is 9.10. The van der Waals surface area contributed by atoms with Crippen molar-refractivity contribution in [3.63, 3.8) is 0 Å². The van der Waals surface area contributed by atoms with E-state index < -0.39 is 17.7 Å². The Morgan fingerprint density at radius 1 is 1.35 bits per heavy atom. The van der Waals surface area contributed by atoms with Crippen LogP contribution in [0.5, 0.6) is 0 Å². The third kappa shape index (κ3) is 4.23. The molecule has 0 amide bonds. The summed E-state index contributed by atoms with van der Waals surface area (Å²) in [6, 6.07) is 2.44. The lowest BCUT2D eigenvalue weighted by molar-refractivity contribution is 0.192. The van der Waals surface area contributed by atoms with Gasteiger partial charge in [0.2, 0.25) is 0 Å². The van der Waals surface area contributed by atoms with Crippen molar-refractivity contribution in [2.45, 2.75) is 31.6 Å². The third-order valence-electron chi connectivity index (χ3n) is 2.09. The zero-order valence-corrected chi connectivity index (χ0v) is 12.3. The van der Waals surface area contributed by atoms with Crippen LogP contribution in [0.25, 0.3) is 0 Å². The highest BCUT2D eigenvalue weighted by Gasteiger charge is 2.22. The smallest absolute Gasteiger partial charge is 0.146 e. The first-order chi connectivity index (χ1) is 7.72. The number of aliphatic hydroxyl groups excluding tert-OH is 1. The van der Waals surface area contributed by atoms with Gasteiger partial charge in [-0.3, -0.25) is 0 Å². The highest BCUT2D eigenvalue weighted by Crippen LogP contribution is 2.32. The van der Waals surface area contributed by atoms with Crippen molar-refractivity contribution in [2.24, 2.45) is 0 Å². The van der Waals surface area contributed by atoms with E-state index in [-0.39, 0.29) is 20.5 Å². The van der Waals surface area contributed by atoms with Crippen LogP contribution >= 0.6 is 27.7 Å². The van der Waals surface area contributed by atoms with Crippen LogP contribution in [-0.4, -0.2) is 15.6 Å². The molecule has 5 heteroatoms. The standard InChI is InChI=1S/C12H15BrF2OS/c1-12(2,3)17-6-9(16)10-8(14)5-4-7(13)11(10)15/h4-5,9,16H,6H2,1-3H3. The summed E-state index contributed by atoms with van der Waals surface area (Å²) in [5.74, 6) is -1.19. The van der Waals surface area contributed by atoms with Gasteiger partial charge in [-0.1, -0.05) is 20.8 Å². The Kier molecular flexibility index (Phi) is 4.98. The first kappa shape index (κ1) is 14.9. The second kappa shape index (κ2) is 5.67. The van der Waals surface area contributed by atoms with Gasteiger partial charge >= 0.3 is 0 Å². The molecule has 0 radical (unpaired) electrons. The first-order valence-electron chi connectivity index (χ1n) is 5.18. The molecule has 0 heterocycles. The van der Waals surface area contributed by atoms with Crippen LogP contribution in [-0.2, 0) is 0 Å². The third-order valence-corrected chi connectivity index (χ3v) is 4.05. The molecular weight excluding hydrogens is 310 g/mol. The quantitative estimate of drug-likeness (QED) is 0.837. The van der Waals surface area contributed by atoms with E-state index in [4.69, 9.17) is 0 Å². The van der Waals surface area contributed by atoms with Crippen molar-refractivity contribution < 1.29 is 13.9 Å². The lowest BCUT2D eigenvalue weighted by atomic mass is 10.1. The molecule has 1 rings (SSSR count). The first-order valence-corrected chi connectivity index (χ1v) is 6.95. The fourth-order valence-electron chi connectivity index (χ4n) is 1.26. The van der Waals surface area contributed by atoms with E-state index in [1.807, 2.05) is 20.8 Å². The average molecular weight is 325 g/mol. The number of hydrogen-bond acceptors (Lipinski definition) is 2. The molecular formula is C12H15BrF2OS. The average Bonchev–Trinajstić information content (AvgIpc) is 2.20. The summed E-state index contributed by atoms with van der Waals surface area (Å²) < 4.78 is 27.3. The number of halogens is 3. The van der Waals surface area contributed by atoms with E-state index >= 15 is 0 Å². The Bertz CT molecular complexity index is 404. The summed E-state index contributed by atoms with van der Waals surface area (Å²) in [4.78, 5) is 0. The van der Waals surface area contributed by atoms with Crippen LogP contribution in [0.4, 0.5) is 8.78 Å². The van der Waals surface area contributed by atoms with Crippen molar-refractivity contribution in [1.82, 2.24) is 0 Å². The van der Waals surface area contributed by atoms with Crippen LogP contribution in [0.1, 0.15) is 32.4 Å². The van der Waals surface area contributed by atoms with E-state index in [0.29, 0.717) is 0 Å². The SMILES string of the molecule is CC(C)(C)SCC(O)c1c(F)ccc(Br)c1F. The lowest BCUT2D eigenvalue weighted by Gasteiger charge is -2.21. The van der Waals surface area contributed by atoms with Gasteiger partial charge in [-0.15, -0.1) is 0 Å². The number of benzene rings is 1. The summed E-state index contributed by atoms with van der Waals surface area (Å²) in [6.07, 6.45) is -1.14. The number of hydrogen-bond donors (Lipinski definition) is 1. The van der Waals surface area contributed by atoms with Gasteiger partial charge in [0.15, 0.2) is 0 Å². The van der Waals surface area contributed by atoms with Gasteiger partial charge in [0.1, 0.15) is 11.6 Å². The molecule has 1 atom stereocenters. The Morgan fingerprint density at radius 3 is 2.47 bits per heavy atom. The van der Waals surface area contributed by atoms with Gasteiger partial charge in [-0.25, -0.2) is 8.78 Å². The molecule has 1 aromatic carbocycles. The molecule has 96 valence electrons. The molecule has 0 aliphatic rings. The number of aliphatic hydroxyl groups is 1. The molecule has 0 aliphatic heterocycles. The predicted molar refractivity (Wildman–Crippen MR) is 71.2 cm³/mol. The van der Waals surface area contributed by atoms with Gasteiger partial charge in [-0.05, 0) is 28.1 Å². The van der Waals surface area contributed by atoms with Crippen LogP contribution in [0, 0.1) is 11.6 Å². The second-order valence-electron chi connectivity index (χ2n) is 4.70. The molecule has 0 saturated carbocycles. The fourth-order valence-corrected chi connectivity index (χ4v) is 2.43. The number of rotatable bonds is 3. The van der Waals surface area contributed by atoms with E-state index in [1.54, 1.807) is 0 Å². The van der Waals surface area contributed by atoms with Crippen molar-refractivity contribution in [1.29, 1.82) is 0 Å². The van der Waals surface area contributed by atoms with Crippen molar-refractivity contribution >= 4 is 27.7 Å². The summed E-state index contributed by atoms with van der Waals surface area (Å²) in [6.45, 7) is 5.95. The van der Waals surface area contributed by atoms with Crippen LogP contribution in [0.2, 0.25) is 0 Å². The Labute approximate surface area is 113 Å². The summed E-state index contributed by atoms with van der Waals surface area (Å²) in [7, 11) is 0. The van der Waals surface area contributed by atoms with E-state index in [1.165, 1.54) is 17.8 Å². The highest BCUT2D eigenvalue weighted by atomic mass is 79.9. The fraction of sp³-hybridized carbons (Fsp3) is 0.500. The molecule has 0 fully saturated rings. The maximum Gasteiger partial charge on any atom is 0.146 e. The Balaban J connectivity index is 2.89. The minimum Gasteiger partial charge on any atom is -0.387 e. The van der Waals surface area contributed by atoms with Crippen molar-refractivity contribution in [3.8, 4) is 0 Å². The molecule has 1 aromatic rings. The van der Waals surface area contributed by atoms with Gasteiger partial charge in [0.25, 0.3) is 0 Å². The topological polar surface area (TPSA) is 20.2 Å². The summed E-state index contributed by atoms with van der Waals surface area (Å²) >= 11 is 4.44. The minimum atomic E-state index is -1.14. The number of thioether (sulfide) groups is 1. The molecule has 0 aromatic heterocycles. The zero-order chi connectivity index (χ0) is 13.2. The monoisotopic (exact) mass is 324 g/mol. The molecule has 1 N–H and O–H groups in total. The minimum absolute atomic E-state index is 0.0556. The molecule has 0 spiro atoms. The predicted octanol–water partition coefficient (Wildman–Crippen LogP) is 4.29. The summed E-state index contributed by atoms with van der Waals surface area (Å²) in [5.41, 5.74) is -0.267. The Morgan fingerprint density at radius 2 is 1.94 bits per heavy atom. The van der Waals surface area contributed by atoms with E-state index in [2.05, 4.69) is 15.9 Å². The Hall–Kier alpha value is -0.130. The normalized spacial score (nSPS) is 13.8. The van der Waals surface area contributed by atoms with Crippen molar-refractivity contribution in [2.75, 3.05) is 5.75 Å². The van der Waals surface area contributed by atoms with E-state index in [0.717, 1.165) is 6.07 Å².